The third-order valence-electron chi connectivity index (χ3n) is 6.57. The van der Waals surface area contributed by atoms with Crippen molar-refractivity contribution in [3.05, 3.63) is 82.9 Å². The molecule has 0 saturated carbocycles. The van der Waals surface area contributed by atoms with Crippen molar-refractivity contribution >= 4 is 39.0 Å². The van der Waals surface area contributed by atoms with E-state index in [-0.39, 0.29) is 16.1 Å². The van der Waals surface area contributed by atoms with Crippen LogP contribution in [-0.4, -0.2) is 62.9 Å². The topological polar surface area (TPSA) is 127 Å². The Morgan fingerprint density at radius 3 is 1.80 bits per heavy atom. The van der Waals surface area contributed by atoms with Gasteiger partial charge in [0, 0.05) is 37.6 Å². The molecule has 0 aliphatic carbocycles. The molecule has 0 amide bonds. The summed E-state index contributed by atoms with van der Waals surface area (Å²) in [6.45, 7) is 8.61. The number of rotatable bonds is 6. The van der Waals surface area contributed by atoms with Gasteiger partial charge >= 0.3 is 18.1 Å². The largest absolute Gasteiger partial charge is 0.490 e. The van der Waals surface area contributed by atoms with Gasteiger partial charge in [0.15, 0.2) is 0 Å². The number of piperazine rings is 1. The summed E-state index contributed by atoms with van der Waals surface area (Å²) >= 11 is 0. The number of alkyl halides is 3. The Balaban J connectivity index is 0.000000587. The molecule has 41 heavy (non-hydrogen) atoms. The van der Waals surface area contributed by atoms with E-state index >= 15 is 0 Å². The van der Waals surface area contributed by atoms with E-state index in [1.165, 1.54) is 11.8 Å². The normalized spacial score (nSPS) is 13.7. The molecule has 4 rings (SSSR count). The van der Waals surface area contributed by atoms with E-state index in [0.29, 0.717) is 5.56 Å². The Bertz CT molecular complexity index is 1520. The molecule has 9 nitrogen and oxygen atoms in total. The van der Waals surface area contributed by atoms with E-state index < -0.39 is 28.1 Å². The van der Waals surface area contributed by atoms with Crippen molar-refractivity contribution in [2.24, 2.45) is 0 Å². The Kier molecular flexibility index (Phi) is 9.53. The minimum absolute atomic E-state index is 0.0526. The molecule has 0 radical (unpaired) electrons. The summed E-state index contributed by atoms with van der Waals surface area (Å²) in [4.78, 5) is 25.5. The van der Waals surface area contributed by atoms with Crippen molar-refractivity contribution in [1.82, 2.24) is 0 Å². The number of carboxylic acid groups (broad SMARTS) is 2. The lowest BCUT2D eigenvalue weighted by molar-refractivity contribution is -0.192. The molecular weight excluding hydrogens is 563 g/mol. The maximum Gasteiger partial charge on any atom is 0.490 e. The molecule has 0 bridgehead atoms. The van der Waals surface area contributed by atoms with Crippen molar-refractivity contribution < 1.29 is 41.4 Å². The predicted octanol–water partition coefficient (Wildman–Crippen LogP) is 5.07. The molecule has 1 aliphatic rings. The summed E-state index contributed by atoms with van der Waals surface area (Å²) in [6, 6.07) is 18.5. The number of carboxylic acids is 2. The molecule has 1 heterocycles. The molecule has 1 fully saturated rings. The van der Waals surface area contributed by atoms with Crippen molar-refractivity contribution in [3.8, 4) is 0 Å². The van der Waals surface area contributed by atoms with Crippen LogP contribution in [0.25, 0.3) is 0 Å². The van der Waals surface area contributed by atoms with Crippen LogP contribution in [0.3, 0.4) is 0 Å². The van der Waals surface area contributed by atoms with Gasteiger partial charge in [-0.25, -0.2) is 18.0 Å². The first-order chi connectivity index (χ1) is 19.1. The Hall–Kier alpha value is -4.26. The van der Waals surface area contributed by atoms with Crippen LogP contribution in [0.15, 0.2) is 65.6 Å². The number of carbonyl (C=O) groups is 2. The summed E-state index contributed by atoms with van der Waals surface area (Å²) in [5, 5.41) is 16.9. The zero-order chi connectivity index (χ0) is 30.5. The fourth-order valence-corrected chi connectivity index (χ4v) is 5.67. The van der Waals surface area contributed by atoms with Gasteiger partial charge < -0.3 is 20.0 Å². The molecule has 0 unspecified atom stereocenters. The molecule has 220 valence electrons. The first-order valence-corrected chi connectivity index (χ1v) is 13.9. The Morgan fingerprint density at radius 2 is 1.29 bits per heavy atom. The number of sulfonamides is 1. The number of aliphatic carboxylic acids is 1. The number of benzene rings is 3. The number of anilines is 3. The Morgan fingerprint density at radius 1 is 0.780 bits per heavy atom. The second-order valence-corrected chi connectivity index (χ2v) is 11.1. The third kappa shape index (κ3) is 7.91. The van der Waals surface area contributed by atoms with Crippen LogP contribution in [0.5, 0.6) is 0 Å². The number of halogens is 3. The van der Waals surface area contributed by atoms with Crippen LogP contribution in [-0.2, 0) is 14.8 Å². The highest BCUT2D eigenvalue weighted by molar-refractivity contribution is 7.92. The molecule has 13 heteroatoms. The summed E-state index contributed by atoms with van der Waals surface area (Å²) < 4.78 is 60.4. The van der Waals surface area contributed by atoms with Crippen LogP contribution in [0, 0.1) is 20.8 Å². The predicted molar refractivity (Wildman–Crippen MR) is 149 cm³/mol. The quantitative estimate of drug-likeness (QED) is 0.362. The molecule has 0 spiro atoms. The van der Waals surface area contributed by atoms with Gasteiger partial charge in [-0.15, -0.1) is 0 Å². The minimum atomic E-state index is -5.08. The van der Waals surface area contributed by atoms with Crippen LogP contribution < -0.4 is 14.5 Å². The highest BCUT2D eigenvalue weighted by atomic mass is 32.2. The number of hydrogen-bond donors (Lipinski definition) is 3. The summed E-state index contributed by atoms with van der Waals surface area (Å²) in [5.74, 6) is -3.94. The van der Waals surface area contributed by atoms with Gasteiger partial charge in [0.05, 0.1) is 16.1 Å². The monoisotopic (exact) mass is 593 g/mol. The lowest BCUT2D eigenvalue weighted by Gasteiger charge is -2.37. The lowest BCUT2D eigenvalue weighted by Crippen LogP contribution is -2.46. The molecule has 3 aromatic rings. The van der Waals surface area contributed by atoms with Gasteiger partial charge in [-0.3, -0.25) is 4.72 Å². The maximum atomic E-state index is 13.1. The third-order valence-corrected chi connectivity index (χ3v) is 8.07. The van der Waals surface area contributed by atoms with Crippen molar-refractivity contribution in [2.75, 3.05) is 40.7 Å². The first kappa shape index (κ1) is 31.3. The SMILES string of the molecule is Cc1cc(C)c(S(=O)(=O)Nc2ccc(N3CCN(c4ccccc4)CC3)cc2C(=O)O)cc1C.O=C(O)C(F)(F)F. The molecule has 1 saturated heterocycles. The highest BCUT2D eigenvalue weighted by Crippen LogP contribution is 2.29. The van der Waals surface area contributed by atoms with E-state index in [2.05, 4.69) is 26.7 Å². The molecule has 0 atom stereocenters. The smallest absolute Gasteiger partial charge is 0.478 e. The number of aryl methyl sites for hydroxylation is 3. The fourth-order valence-electron chi connectivity index (χ4n) is 4.28. The van der Waals surface area contributed by atoms with E-state index in [4.69, 9.17) is 9.90 Å². The van der Waals surface area contributed by atoms with Gasteiger partial charge in [0.25, 0.3) is 10.0 Å². The molecule has 1 aliphatic heterocycles. The second kappa shape index (κ2) is 12.5. The van der Waals surface area contributed by atoms with Crippen molar-refractivity contribution in [3.63, 3.8) is 0 Å². The number of hydrogen-bond acceptors (Lipinski definition) is 6. The van der Waals surface area contributed by atoms with Crippen molar-refractivity contribution in [2.45, 2.75) is 31.8 Å². The standard InChI is InChI=1S/C26H29N3O4S.C2HF3O2/c1-18-15-20(3)25(16-19(18)2)34(32,33)27-24-10-9-22(17-23(24)26(30)31)29-13-11-28(12-14-29)21-7-5-4-6-8-21;3-2(4,5)1(6)7/h4-10,15-17,27H,11-14H2,1-3H3,(H,30,31);(H,6,7). The van der Waals surface area contributed by atoms with Gasteiger partial charge in [0.2, 0.25) is 0 Å². The number of nitrogens with one attached hydrogen (secondary N) is 1. The maximum absolute atomic E-state index is 13.1. The molecule has 3 aromatic carbocycles. The van der Waals surface area contributed by atoms with E-state index in [9.17, 15) is 31.5 Å². The van der Waals surface area contributed by atoms with Crippen LogP contribution in [0.1, 0.15) is 27.0 Å². The second-order valence-electron chi connectivity index (χ2n) is 9.46. The Labute approximate surface area is 235 Å². The number of aromatic carboxylic acids is 1. The van der Waals surface area contributed by atoms with Crippen LogP contribution >= 0.6 is 0 Å². The van der Waals surface area contributed by atoms with Gasteiger partial charge in [0.1, 0.15) is 0 Å². The molecule has 3 N–H and O–H groups in total. The fraction of sp³-hybridized carbons (Fsp3) is 0.286. The van der Waals surface area contributed by atoms with Gasteiger partial charge in [-0.2, -0.15) is 13.2 Å². The zero-order valence-corrected chi connectivity index (χ0v) is 23.4. The molecule has 0 aromatic heterocycles. The van der Waals surface area contributed by atoms with E-state index in [1.807, 2.05) is 38.1 Å². The van der Waals surface area contributed by atoms with Gasteiger partial charge in [-0.1, -0.05) is 24.3 Å². The van der Waals surface area contributed by atoms with Crippen LogP contribution in [0.4, 0.5) is 30.2 Å². The van der Waals surface area contributed by atoms with Crippen LogP contribution in [0.2, 0.25) is 0 Å². The van der Waals surface area contributed by atoms with Gasteiger partial charge in [-0.05, 0) is 73.9 Å². The highest BCUT2D eigenvalue weighted by Gasteiger charge is 2.38. The lowest BCUT2D eigenvalue weighted by atomic mass is 10.1. The number of para-hydroxylation sites is 1. The van der Waals surface area contributed by atoms with E-state index in [1.54, 1.807) is 25.1 Å². The van der Waals surface area contributed by atoms with E-state index in [0.717, 1.165) is 43.0 Å². The molecular formula is C28H30F3N3O6S. The summed E-state index contributed by atoms with van der Waals surface area (Å²) in [7, 11) is -3.95. The first-order valence-electron chi connectivity index (χ1n) is 12.4. The average Bonchev–Trinajstić information content (AvgIpc) is 2.91. The summed E-state index contributed by atoms with van der Waals surface area (Å²) in [5.41, 5.74) is 4.37. The summed E-state index contributed by atoms with van der Waals surface area (Å²) in [6.07, 6.45) is -5.08. The average molecular weight is 594 g/mol. The minimum Gasteiger partial charge on any atom is -0.478 e. The van der Waals surface area contributed by atoms with Crippen molar-refractivity contribution in [1.29, 1.82) is 0 Å². The zero-order valence-electron chi connectivity index (χ0n) is 22.6. The number of nitrogens with zero attached hydrogens (tertiary/aromatic N) is 2.